The predicted molar refractivity (Wildman–Crippen MR) is 113 cm³/mol. The molecule has 150 valence electrons. The molecule has 6 nitrogen and oxygen atoms in total. The number of hydrogen-bond donors (Lipinski definition) is 3. The molecule has 28 heavy (non-hydrogen) atoms. The summed E-state index contributed by atoms with van der Waals surface area (Å²) in [5, 5.41) is 5.02. The van der Waals surface area contributed by atoms with Gasteiger partial charge in [0, 0.05) is 5.41 Å². The molecule has 2 amide bonds. The zero-order chi connectivity index (χ0) is 21.2. The maximum atomic E-state index is 11.6. The number of carbonyl (C=O) groups is 2. The lowest BCUT2D eigenvalue weighted by Gasteiger charge is -2.20. The number of aromatic nitrogens is 2. The number of nitrogens with zero attached hydrogens (tertiary/aromatic N) is 1. The average molecular weight is 383 g/mol. The molecule has 1 aliphatic rings. The van der Waals surface area contributed by atoms with Crippen molar-refractivity contribution >= 4 is 17.9 Å². The molecule has 3 rings (SSSR count). The van der Waals surface area contributed by atoms with E-state index < -0.39 is 0 Å². The van der Waals surface area contributed by atoms with Crippen molar-refractivity contribution in [3.8, 4) is 0 Å². The Kier molecular flexibility index (Phi) is 8.88. The Morgan fingerprint density at radius 2 is 1.79 bits per heavy atom. The average Bonchev–Trinajstić information content (AvgIpc) is 3.17. The van der Waals surface area contributed by atoms with Crippen LogP contribution in [0.25, 0.3) is 6.08 Å². The lowest BCUT2D eigenvalue weighted by molar-refractivity contribution is -0.127. The second-order valence-electron chi connectivity index (χ2n) is 6.53. The largest absolute Gasteiger partial charge is 0.347 e. The molecule has 1 aliphatic heterocycles. The van der Waals surface area contributed by atoms with E-state index in [1.54, 1.807) is 18.5 Å². The molecule has 1 fully saturated rings. The van der Waals surface area contributed by atoms with Crippen molar-refractivity contribution in [1.82, 2.24) is 20.6 Å². The molecular formula is C22H30N4O2. The number of rotatable bonds is 3. The van der Waals surface area contributed by atoms with Gasteiger partial charge in [0.25, 0.3) is 5.91 Å². The molecule has 0 aliphatic carbocycles. The SMILES string of the molecule is C=CC(C)(C)c1[nH]cnc1/C=C1\NC(=O)CNC1=O.CC.Cc1ccccc1. The lowest BCUT2D eigenvalue weighted by atomic mass is 9.88. The third-order valence-corrected chi connectivity index (χ3v) is 3.97. The van der Waals surface area contributed by atoms with Crippen molar-refractivity contribution in [2.24, 2.45) is 0 Å². The van der Waals surface area contributed by atoms with E-state index in [0.717, 1.165) is 5.69 Å². The van der Waals surface area contributed by atoms with Gasteiger partial charge < -0.3 is 15.6 Å². The number of aromatic amines is 1. The predicted octanol–water partition coefficient (Wildman–Crippen LogP) is 3.48. The Bertz CT molecular complexity index is 820. The van der Waals surface area contributed by atoms with Gasteiger partial charge in [0.15, 0.2) is 0 Å². The number of allylic oxidation sites excluding steroid dienone is 1. The first-order valence-electron chi connectivity index (χ1n) is 9.32. The highest BCUT2D eigenvalue weighted by molar-refractivity contribution is 6.05. The molecule has 2 aromatic rings. The standard InChI is InChI=1S/C13H16N4O2.C7H8.C2H6/c1-4-13(2,3)11-8(15-7-16-11)5-9-12(19)14-6-10(18)17-9;1-7-5-3-2-4-6-7;1-2/h4-5,7H,1,6H2,2-3H3,(H,14,19)(H,15,16)(H,17,18);2-6H,1H3;1-2H3/b9-5-;;. The number of carbonyl (C=O) groups excluding carboxylic acids is 2. The second-order valence-corrected chi connectivity index (χ2v) is 6.53. The minimum atomic E-state index is -0.315. The van der Waals surface area contributed by atoms with Crippen molar-refractivity contribution in [2.75, 3.05) is 6.54 Å². The normalized spacial score (nSPS) is 14.7. The number of imidazole rings is 1. The van der Waals surface area contributed by atoms with Gasteiger partial charge in [0.05, 0.1) is 24.3 Å². The molecule has 1 saturated heterocycles. The first-order chi connectivity index (χ1) is 13.3. The summed E-state index contributed by atoms with van der Waals surface area (Å²) in [5.74, 6) is -0.559. The van der Waals surface area contributed by atoms with Gasteiger partial charge in [-0.1, -0.05) is 69.7 Å². The molecule has 1 aromatic carbocycles. The summed E-state index contributed by atoms with van der Waals surface area (Å²) in [6.45, 7) is 13.8. The molecule has 2 heterocycles. The van der Waals surface area contributed by atoms with Crippen LogP contribution in [0.3, 0.4) is 0 Å². The Morgan fingerprint density at radius 3 is 2.32 bits per heavy atom. The highest BCUT2D eigenvalue weighted by Gasteiger charge is 2.24. The second kappa shape index (κ2) is 10.9. The molecule has 0 atom stereocenters. The van der Waals surface area contributed by atoms with Crippen molar-refractivity contribution in [1.29, 1.82) is 0 Å². The van der Waals surface area contributed by atoms with Crippen LogP contribution in [0.2, 0.25) is 0 Å². The van der Waals surface area contributed by atoms with E-state index in [4.69, 9.17) is 0 Å². The van der Waals surface area contributed by atoms with Gasteiger partial charge in [0.2, 0.25) is 5.91 Å². The summed E-state index contributed by atoms with van der Waals surface area (Å²) in [6, 6.07) is 10.3. The van der Waals surface area contributed by atoms with Gasteiger partial charge in [-0.3, -0.25) is 9.59 Å². The van der Waals surface area contributed by atoms with Crippen LogP contribution in [0, 0.1) is 6.92 Å². The molecule has 1 aromatic heterocycles. The number of nitrogens with one attached hydrogen (secondary N) is 3. The van der Waals surface area contributed by atoms with Gasteiger partial charge in [-0.25, -0.2) is 4.98 Å². The number of piperazine rings is 1. The number of H-pyrrole nitrogens is 1. The summed E-state index contributed by atoms with van der Waals surface area (Å²) in [6.07, 6.45) is 4.90. The molecule has 0 radical (unpaired) electrons. The van der Waals surface area contributed by atoms with Crippen LogP contribution in [0.5, 0.6) is 0 Å². The molecule has 0 spiro atoms. The van der Waals surface area contributed by atoms with Crippen LogP contribution >= 0.6 is 0 Å². The molecule has 0 saturated carbocycles. The maximum absolute atomic E-state index is 11.6. The minimum Gasteiger partial charge on any atom is -0.347 e. The molecule has 3 N–H and O–H groups in total. The van der Waals surface area contributed by atoms with Crippen LogP contribution in [0.15, 0.2) is 55.0 Å². The van der Waals surface area contributed by atoms with E-state index in [2.05, 4.69) is 46.2 Å². The van der Waals surface area contributed by atoms with Crippen molar-refractivity contribution in [3.05, 3.63) is 72.0 Å². The fourth-order valence-electron chi connectivity index (χ4n) is 2.31. The highest BCUT2D eigenvalue weighted by atomic mass is 16.2. The van der Waals surface area contributed by atoms with Crippen molar-refractivity contribution < 1.29 is 9.59 Å². The Morgan fingerprint density at radius 1 is 1.14 bits per heavy atom. The van der Waals surface area contributed by atoms with Crippen molar-refractivity contribution in [2.45, 2.75) is 40.0 Å². The Hall–Kier alpha value is -3.15. The third-order valence-electron chi connectivity index (χ3n) is 3.97. The minimum absolute atomic E-state index is 0.00173. The first-order valence-corrected chi connectivity index (χ1v) is 9.32. The van der Waals surface area contributed by atoms with Crippen LogP contribution in [-0.2, 0) is 15.0 Å². The zero-order valence-corrected chi connectivity index (χ0v) is 17.3. The van der Waals surface area contributed by atoms with Gasteiger partial charge in [0.1, 0.15) is 5.70 Å². The molecule has 0 unspecified atom stereocenters. The third kappa shape index (κ3) is 6.54. The summed E-state index contributed by atoms with van der Waals surface area (Å²) < 4.78 is 0. The van der Waals surface area contributed by atoms with E-state index in [1.165, 1.54) is 5.56 Å². The smallest absolute Gasteiger partial charge is 0.268 e. The van der Waals surface area contributed by atoms with E-state index in [-0.39, 0.29) is 29.5 Å². The summed E-state index contributed by atoms with van der Waals surface area (Å²) in [5.41, 5.74) is 2.66. The maximum Gasteiger partial charge on any atom is 0.268 e. The number of aryl methyl sites for hydroxylation is 1. The Balaban J connectivity index is 0.000000363. The van der Waals surface area contributed by atoms with Crippen LogP contribution in [0.1, 0.15) is 44.6 Å². The van der Waals surface area contributed by atoms with E-state index in [9.17, 15) is 9.59 Å². The Labute approximate surface area is 167 Å². The fourth-order valence-corrected chi connectivity index (χ4v) is 2.31. The van der Waals surface area contributed by atoms with E-state index in [1.807, 2.05) is 45.9 Å². The topological polar surface area (TPSA) is 86.9 Å². The number of hydrogen-bond acceptors (Lipinski definition) is 3. The quantitative estimate of drug-likeness (QED) is 0.561. The molecule has 0 bridgehead atoms. The molecule has 6 heteroatoms. The number of benzene rings is 1. The number of amides is 2. The van der Waals surface area contributed by atoms with Crippen molar-refractivity contribution in [3.63, 3.8) is 0 Å². The van der Waals surface area contributed by atoms with Gasteiger partial charge in [-0.2, -0.15) is 0 Å². The highest BCUT2D eigenvalue weighted by Crippen LogP contribution is 2.26. The van der Waals surface area contributed by atoms with Gasteiger partial charge >= 0.3 is 0 Å². The monoisotopic (exact) mass is 382 g/mol. The zero-order valence-electron chi connectivity index (χ0n) is 17.3. The summed E-state index contributed by atoms with van der Waals surface area (Å²) in [4.78, 5) is 30.1. The van der Waals surface area contributed by atoms with Crippen LogP contribution in [0.4, 0.5) is 0 Å². The van der Waals surface area contributed by atoms with E-state index in [0.29, 0.717) is 5.69 Å². The van der Waals surface area contributed by atoms with Gasteiger partial charge in [-0.15, -0.1) is 6.58 Å². The first kappa shape index (κ1) is 22.9. The lowest BCUT2D eigenvalue weighted by Crippen LogP contribution is -2.47. The van der Waals surface area contributed by atoms with E-state index >= 15 is 0 Å². The van der Waals surface area contributed by atoms with Gasteiger partial charge in [-0.05, 0) is 13.0 Å². The molecular weight excluding hydrogens is 352 g/mol. The van der Waals surface area contributed by atoms with Crippen LogP contribution in [-0.4, -0.2) is 28.3 Å². The summed E-state index contributed by atoms with van der Waals surface area (Å²) >= 11 is 0. The van der Waals surface area contributed by atoms with Crippen LogP contribution < -0.4 is 10.6 Å². The summed E-state index contributed by atoms with van der Waals surface area (Å²) in [7, 11) is 0. The fraction of sp³-hybridized carbons (Fsp3) is 0.318.